The van der Waals surface area contributed by atoms with Gasteiger partial charge in [0.05, 0.1) is 0 Å². The Morgan fingerprint density at radius 1 is 1.46 bits per heavy atom. The molecule has 1 unspecified atom stereocenters. The molecule has 1 aliphatic carbocycles. The molecule has 0 aromatic heterocycles. The van der Waals surface area contributed by atoms with Crippen LogP contribution in [0.5, 0.6) is 0 Å². The van der Waals surface area contributed by atoms with Crippen molar-refractivity contribution in [2.24, 2.45) is 5.73 Å². The molecule has 0 amide bonds. The molecule has 0 aliphatic heterocycles. The molecule has 1 saturated carbocycles. The molecule has 0 aromatic rings. The van der Waals surface area contributed by atoms with Crippen molar-refractivity contribution in [3.8, 4) is 0 Å². The van der Waals surface area contributed by atoms with E-state index >= 15 is 0 Å². The molecule has 2 N–H and O–H groups in total. The molecule has 78 valence electrons. The fourth-order valence-corrected chi connectivity index (χ4v) is 2.02. The molecule has 1 fully saturated rings. The van der Waals surface area contributed by atoms with Crippen LogP contribution in [0.25, 0.3) is 0 Å². The van der Waals surface area contributed by atoms with E-state index in [0.717, 1.165) is 12.6 Å². The van der Waals surface area contributed by atoms with Crippen LogP contribution in [0.15, 0.2) is 0 Å². The zero-order valence-corrected chi connectivity index (χ0v) is 9.13. The number of rotatable bonds is 6. The summed E-state index contributed by atoms with van der Waals surface area (Å²) in [7, 11) is 2.25. The van der Waals surface area contributed by atoms with Gasteiger partial charge in [0.2, 0.25) is 0 Å². The fraction of sp³-hybridized carbons (Fsp3) is 1.00. The summed E-state index contributed by atoms with van der Waals surface area (Å²) >= 11 is 0. The summed E-state index contributed by atoms with van der Waals surface area (Å²) in [5, 5.41) is 0. The molecule has 0 bridgehead atoms. The van der Waals surface area contributed by atoms with Gasteiger partial charge in [0.15, 0.2) is 0 Å². The number of unbranched alkanes of at least 4 members (excludes halogenated alkanes) is 1. The molecule has 1 atom stereocenters. The van der Waals surface area contributed by atoms with Crippen LogP contribution in [0.4, 0.5) is 0 Å². The Morgan fingerprint density at radius 3 is 2.54 bits per heavy atom. The van der Waals surface area contributed by atoms with Crippen LogP contribution in [0.1, 0.15) is 45.4 Å². The van der Waals surface area contributed by atoms with Gasteiger partial charge in [-0.05, 0) is 26.3 Å². The Morgan fingerprint density at radius 2 is 2.15 bits per heavy atom. The number of nitrogens with two attached hydrogens (primary N) is 1. The van der Waals surface area contributed by atoms with Gasteiger partial charge in [-0.1, -0.05) is 26.2 Å². The van der Waals surface area contributed by atoms with Gasteiger partial charge < -0.3 is 5.73 Å². The van der Waals surface area contributed by atoms with Gasteiger partial charge in [-0.2, -0.15) is 0 Å². The lowest BCUT2D eigenvalue weighted by Gasteiger charge is -2.39. The van der Waals surface area contributed by atoms with Crippen molar-refractivity contribution in [3.05, 3.63) is 0 Å². The highest BCUT2D eigenvalue weighted by Crippen LogP contribution is 2.25. The van der Waals surface area contributed by atoms with E-state index in [2.05, 4.69) is 18.9 Å². The van der Waals surface area contributed by atoms with Crippen molar-refractivity contribution < 1.29 is 0 Å². The molecule has 1 aliphatic rings. The molecule has 0 aromatic carbocycles. The van der Waals surface area contributed by atoms with E-state index in [1.807, 2.05) is 0 Å². The average molecular weight is 184 g/mol. The van der Waals surface area contributed by atoms with Gasteiger partial charge in [-0.3, -0.25) is 4.90 Å². The van der Waals surface area contributed by atoms with E-state index in [4.69, 9.17) is 5.73 Å². The predicted molar refractivity (Wildman–Crippen MR) is 57.8 cm³/mol. The summed E-state index contributed by atoms with van der Waals surface area (Å²) < 4.78 is 0. The zero-order valence-electron chi connectivity index (χ0n) is 9.13. The quantitative estimate of drug-likeness (QED) is 0.684. The summed E-state index contributed by atoms with van der Waals surface area (Å²) in [4.78, 5) is 2.51. The first kappa shape index (κ1) is 11.0. The average Bonchev–Trinajstić information content (AvgIpc) is 2.02. The van der Waals surface area contributed by atoms with Gasteiger partial charge >= 0.3 is 0 Å². The molecule has 0 saturated heterocycles. The van der Waals surface area contributed by atoms with Crippen molar-refractivity contribution >= 4 is 0 Å². The smallest absolute Gasteiger partial charge is 0.0218 e. The molecule has 1 rings (SSSR count). The maximum absolute atomic E-state index is 5.79. The largest absolute Gasteiger partial charge is 0.329 e. The molecule has 2 heteroatoms. The maximum Gasteiger partial charge on any atom is 0.0218 e. The first-order valence-electron chi connectivity index (χ1n) is 5.71. The van der Waals surface area contributed by atoms with Crippen LogP contribution in [-0.2, 0) is 0 Å². The van der Waals surface area contributed by atoms with Crippen molar-refractivity contribution in [1.29, 1.82) is 0 Å². The standard InChI is InChI=1S/C11H24N2/c1-3-4-6-11(9-12)13(2)10-7-5-8-10/h10-11H,3-9,12H2,1-2H3. The Labute approximate surface area is 82.5 Å². The minimum absolute atomic E-state index is 0.630. The number of nitrogens with zero attached hydrogens (tertiary/aromatic N) is 1. The van der Waals surface area contributed by atoms with Crippen LogP contribution >= 0.6 is 0 Å². The maximum atomic E-state index is 5.79. The second kappa shape index (κ2) is 5.61. The summed E-state index contributed by atoms with van der Waals surface area (Å²) in [5.41, 5.74) is 5.79. The van der Waals surface area contributed by atoms with Crippen LogP contribution in [0.3, 0.4) is 0 Å². The van der Waals surface area contributed by atoms with Crippen molar-refractivity contribution in [2.75, 3.05) is 13.6 Å². The molecule has 0 spiro atoms. The highest BCUT2D eigenvalue weighted by Gasteiger charge is 2.26. The van der Waals surface area contributed by atoms with E-state index in [1.165, 1.54) is 38.5 Å². The van der Waals surface area contributed by atoms with E-state index in [1.54, 1.807) is 0 Å². The molecular formula is C11H24N2. The normalized spacial score (nSPS) is 20.3. The highest BCUT2D eigenvalue weighted by molar-refractivity contribution is 4.83. The topological polar surface area (TPSA) is 29.3 Å². The third-order valence-electron chi connectivity index (χ3n) is 3.39. The molecular weight excluding hydrogens is 160 g/mol. The van der Waals surface area contributed by atoms with Gasteiger partial charge in [0.1, 0.15) is 0 Å². The van der Waals surface area contributed by atoms with Crippen LogP contribution < -0.4 is 5.73 Å². The SMILES string of the molecule is CCCCC(CN)N(C)C1CCC1. The van der Waals surface area contributed by atoms with E-state index in [9.17, 15) is 0 Å². The molecule has 2 nitrogen and oxygen atoms in total. The minimum Gasteiger partial charge on any atom is -0.329 e. The number of hydrogen-bond donors (Lipinski definition) is 1. The fourth-order valence-electron chi connectivity index (χ4n) is 2.02. The number of likely N-dealkylation sites (N-methyl/N-ethyl adjacent to an activating group) is 1. The first-order valence-corrected chi connectivity index (χ1v) is 5.71. The Kier molecular flexibility index (Phi) is 4.74. The van der Waals surface area contributed by atoms with E-state index in [0.29, 0.717) is 6.04 Å². The summed E-state index contributed by atoms with van der Waals surface area (Å²) in [6.45, 7) is 3.07. The van der Waals surface area contributed by atoms with Gasteiger partial charge in [0, 0.05) is 18.6 Å². The highest BCUT2D eigenvalue weighted by atomic mass is 15.2. The monoisotopic (exact) mass is 184 g/mol. The van der Waals surface area contributed by atoms with Crippen molar-refractivity contribution in [1.82, 2.24) is 4.90 Å². The first-order chi connectivity index (χ1) is 6.29. The summed E-state index contributed by atoms with van der Waals surface area (Å²) in [6, 6.07) is 1.47. The van der Waals surface area contributed by atoms with Crippen LogP contribution in [-0.4, -0.2) is 30.6 Å². The third kappa shape index (κ3) is 2.96. The summed E-state index contributed by atoms with van der Waals surface area (Å²) in [6.07, 6.45) is 8.08. The summed E-state index contributed by atoms with van der Waals surface area (Å²) in [5.74, 6) is 0. The van der Waals surface area contributed by atoms with Crippen molar-refractivity contribution in [3.63, 3.8) is 0 Å². The second-order valence-electron chi connectivity index (χ2n) is 4.28. The van der Waals surface area contributed by atoms with Gasteiger partial charge in [0.25, 0.3) is 0 Å². The lowest BCUT2D eigenvalue weighted by Crippen LogP contribution is -2.47. The Bertz CT molecular complexity index is 132. The Balaban J connectivity index is 2.26. The third-order valence-corrected chi connectivity index (χ3v) is 3.39. The molecule has 13 heavy (non-hydrogen) atoms. The van der Waals surface area contributed by atoms with Crippen molar-refractivity contribution in [2.45, 2.75) is 57.5 Å². The Hall–Kier alpha value is -0.0800. The lowest BCUT2D eigenvalue weighted by atomic mass is 9.90. The van der Waals surface area contributed by atoms with Crippen LogP contribution in [0, 0.1) is 0 Å². The van der Waals surface area contributed by atoms with Crippen LogP contribution in [0.2, 0.25) is 0 Å². The molecule has 0 heterocycles. The lowest BCUT2D eigenvalue weighted by molar-refractivity contribution is 0.107. The van der Waals surface area contributed by atoms with Gasteiger partial charge in [-0.25, -0.2) is 0 Å². The zero-order chi connectivity index (χ0) is 9.68. The van der Waals surface area contributed by atoms with E-state index < -0.39 is 0 Å². The minimum atomic E-state index is 0.630. The number of hydrogen-bond acceptors (Lipinski definition) is 2. The van der Waals surface area contributed by atoms with E-state index in [-0.39, 0.29) is 0 Å². The molecule has 0 radical (unpaired) electrons. The second-order valence-corrected chi connectivity index (χ2v) is 4.28. The van der Waals surface area contributed by atoms with Gasteiger partial charge in [-0.15, -0.1) is 0 Å². The predicted octanol–water partition coefficient (Wildman–Crippen LogP) is 1.99.